The Labute approximate surface area is 215 Å². The predicted molar refractivity (Wildman–Crippen MR) is 127 cm³/mol. The van der Waals surface area contributed by atoms with E-state index in [0.29, 0.717) is 25.7 Å². The van der Waals surface area contributed by atoms with Crippen LogP contribution in [0.4, 0.5) is 17.6 Å². The predicted octanol–water partition coefficient (Wildman–Crippen LogP) is 3.32. The van der Waals surface area contributed by atoms with Crippen LogP contribution in [0.5, 0.6) is 0 Å². The Bertz CT molecular complexity index is 1130. The van der Waals surface area contributed by atoms with Crippen molar-refractivity contribution in [1.82, 2.24) is 15.2 Å². The molecule has 0 aromatic carbocycles. The van der Waals surface area contributed by atoms with Crippen molar-refractivity contribution in [2.24, 2.45) is 11.7 Å². The van der Waals surface area contributed by atoms with E-state index in [-0.39, 0.29) is 41.7 Å². The topological polar surface area (TPSA) is 132 Å². The minimum absolute atomic E-state index is 0.00662. The van der Waals surface area contributed by atoms with Gasteiger partial charge in [0.1, 0.15) is 10.9 Å². The number of nitrogens with zero attached hydrogens (tertiary/aromatic N) is 2. The summed E-state index contributed by atoms with van der Waals surface area (Å²) in [6.45, 7) is 0.223. The van der Waals surface area contributed by atoms with Crippen LogP contribution in [0, 0.1) is 17.1 Å². The maximum atomic E-state index is 14.0. The number of hydrogen-bond donors (Lipinski definition) is 4. The van der Waals surface area contributed by atoms with E-state index in [1.807, 2.05) is 0 Å². The number of nitrogens with two attached hydrogens (primary N) is 1. The van der Waals surface area contributed by atoms with Crippen LogP contribution in [-0.4, -0.2) is 62.4 Å². The van der Waals surface area contributed by atoms with Crippen molar-refractivity contribution in [2.75, 3.05) is 6.54 Å². The number of nitrogens with one attached hydrogen (secondary N) is 2. The van der Waals surface area contributed by atoms with Crippen LogP contribution >= 0.6 is 11.6 Å². The van der Waals surface area contributed by atoms with E-state index in [1.165, 1.54) is 6.07 Å². The molecule has 2 aliphatic carbocycles. The van der Waals surface area contributed by atoms with Crippen LogP contribution in [0.2, 0.25) is 5.15 Å². The molecule has 4 rings (SSSR count). The second-order valence-corrected chi connectivity index (χ2v) is 10.6. The molecule has 1 saturated heterocycles. The van der Waals surface area contributed by atoms with Crippen molar-refractivity contribution in [1.29, 1.82) is 5.41 Å². The summed E-state index contributed by atoms with van der Waals surface area (Å²) in [5.74, 6) is -2.02. The standard InChI is InChI=1S/C24H28ClF4N5O3/c25-19-9-15(16(26)12-32-19)17(30)10-18(31)21(36)34-8-3-13(11-22(34)6-7-22)20(35)33-14-1-4-23(37,5-2-14)24(27,28)29/h9-10,12-14,31,37H,1-8,11,30H2,(H,33,35)/b17-10-,31-18?/t13-,14-,23-/m0/s1. The van der Waals surface area contributed by atoms with Gasteiger partial charge in [-0.15, -0.1) is 0 Å². The van der Waals surface area contributed by atoms with E-state index in [0.717, 1.165) is 12.3 Å². The third-order valence-electron chi connectivity index (χ3n) is 7.69. The first-order valence-electron chi connectivity index (χ1n) is 12.0. The SMILES string of the molecule is N=C(/C=C(\N)c1cc(Cl)ncc1F)C(=O)N1CC[C@H](C(=O)N[C@H]2CC[C@@](O)(C(F)(F)F)CC2)CC12CC2. The number of aliphatic hydroxyl groups is 1. The molecule has 8 nitrogen and oxygen atoms in total. The van der Waals surface area contributed by atoms with Gasteiger partial charge < -0.3 is 21.1 Å². The molecule has 1 aliphatic heterocycles. The third-order valence-corrected chi connectivity index (χ3v) is 7.90. The van der Waals surface area contributed by atoms with Crippen molar-refractivity contribution in [3.8, 4) is 0 Å². The van der Waals surface area contributed by atoms with Gasteiger partial charge in [-0.25, -0.2) is 9.37 Å². The number of aromatic nitrogens is 1. The molecule has 0 radical (unpaired) electrons. The van der Waals surface area contributed by atoms with E-state index in [2.05, 4.69) is 10.3 Å². The summed E-state index contributed by atoms with van der Waals surface area (Å²) in [5.41, 5.74) is 1.96. The molecule has 37 heavy (non-hydrogen) atoms. The molecule has 202 valence electrons. The van der Waals surface area contributed by atoms with Crippen molar-refractivity contribution in [2.45, 2.75) is 74.7 Å². The highest BCUT2D eigenvalue weighted by atomic mass is 35.5. The molecule has 1 spiro atoms. The molecule has 2 amide bonds. The molecule has 3 fully saturated rings. The lowest BCUT2D eigenvalue weighted by Crippen LogP contribution is -2.54. The number of pyridine rings is 1. The van der Waals surface area contributed by atoms with Gasteiger partial charge in [-0.2, -0.15) is 13.2 Å². The molecule has 0 bridgehead atoms. The van der Waals surface area contributed by atoms with Crippen molar-refractivity contribution < 1.29 is 32.3 Å². The van der Waals surface area contributed by atoms with Crippen LogP contribution in [0.15, 0.2) is 18.3 Å². The maximum Gasteiger partial charge on any atom is 0.417 e. The fourth-order valence-electron chi connectivity index (χ4n) is 5.27. The first-order chi connectivity index (χ1) is 17.2. The zero-order chi connectivity index (χ0) is 27.2. The normalized spacial score (nSPS) is 27.6. The average molecular weight is 546 g/mol. The first-order valence-corrected chi connectivity index (χ1v) is 12.4. The minimum Gasteiger partial charge on any atom is -0.398 e. The van der Waals surface area contributed by atoms with E-state index in [9.17, 15) is 32.3 Å². The molecule has 2 saturated carbocycles. The van der Waals surface area contributed by atoms with Crippen molar-refractivity contribution in [3.63, 3.8) is 0 Å². The maximum absolute atomic E-state index is 14.0. The molecule has 0 unspecified atom stereocenters. The van der Waals surface area contributed by atoms with Crippen LogP contribution in [-0.2, 0) is 9.59 Å². The van der Waals surface area contributed by atoms with Gasteiger partial charge in [-0.3, -0.25) is 15.0 Å². The number of amides is 2. The largest absolute Gasteiger partial charge is 0.417 e. The molecule has 13 heteroatoms. The van der Waals surface area contributed by atoms with E-state index in [4.69, 9.17) is 22.7 Å². The minimum atomic E-state index is -4.70. The Morgan fingerprint density at radius 2 is 1.89 bits per heavy atom. The fraction of sp³-hybridized carbons (Fsp3) is 0.583. The van der Waals surface area contributed by atoms with E-state index in [1.54, 1.807) is 4.90 Å². The summed E-state index contributed by atoms with van der Waals surface area (Å²) in [5, 5.41) is 20.9. The Morgan fingerprint density at radius 3 is 2.49 bits per heavy atom. The van der Waals surface area contributed by atoms with Crippen LogP contribution in [0.25, 0.3) is 5.70 Å². The van der Waals surface area contributed by atoms with Gasteiger partial charge in [0.25, 0.3) is 5.91 Å². The molecule has 1 atom stereocenters. The molecule has 1 aromatic rings. The summed E-state index contributed by atoms with van der Waals surface area (Å²) in [6.07, 6.45) is -1.59. The molecule has 1 aromatic heterocycles. The number of piperidine rings is 1. The lowest BCUT2D eigenvalue weighted by Gasteiger charge is -2.41. The molecule has 2 heterocycles. The Hall–Kier alpha value is -2.73. The zero-order valence-electron chi connectivity index (χ0n) is 19.9. The number of rotatable bonds is 5. The lowest BCUT2D eigenvalue weighted by atomic mass is 9.81. The number of hydrogen-bond acceptors (Lipinski definition) is 6. The quantitative estimate of drug-likeness (QED) is 0.256. The van der Waals surface area contributed by atoms with Gasteiger partial charge >= 0.3 is 6.18 Å². The molecular formula is C24H28ClF4N5O3. The average Bonchev–Trinajstić information content (AvgIpc) is 3.59. The van der Waals surface area contributed by atoms with Crippen molar-refractivity contribution in [3.05, 3.63) is 34.9 Å². The van der Waals surface area contributed by atoms with Crippen molar-refractivity contribution >= 4 is 34.8 Å². The third kappa shape index (κ3) is 5.59. The Kier molecular flexibility index (Phi) is 7.28. The second kappa shape index (κ2) is 9.86. The zero-order valence-corrected chi connectivity index (χ0v) is 20.6. The number of carbonyl (C=O) groups is 2. The van der Waals surface area contributed by atoms with Crippen LogP contribution in [0.3, 0.4) is 0 Å². The summed E-state index contributed by atoms with van der Waals surface area (Å²) in [7, 11) is 0. The summed E-state index contributed by atoms with van der Waals surface area (Å²) in [6, 6.07) is 0.747. The highest BCUT2D eigenvalue weighted by Gasteiger charge is 2.56. The van der Waals surface area contributed by atoms with Gasteiger partial charge in [0.2, 0.25) is 5.91 Å². The first kappa shape index (κ1) is 27.3. The van der Waals surface area contributed by atoms with E-state index < -0.39 is 59.6 Å². The number of halogens is 5. The number of alkyl halides is 3. The van der Waals surface area contributed by atoms with E-state index >= 15 is 0 Å². The molecule has 5 N–H and O–H groups in total. The number of carbonyl (C=O) groups excluding carboxylic acids is 2. The highest BCUT2D eigenvalue weighted by Crippen LogP contribution is 2.50. The Balaban J connectivity index is 1.35. The monoisotopic (exact) mass is 545 g/mol. The van der Waals surface area contributed by atoms with Gasteiger partial charge in [0, 0.05) is 35.3 Å². The summed E-state index contributed by atoms with van der Waals surface area (Å²) < 4.78 is 53.1. The fourth-order valence-corrected chi connectivity index (χ4v) is 5.43. The second-order valence-electron chi connectivity index (χ2n) is 10.2. The summed E-state index contributed by atoms with van der Waals surface area (Å²) >= 11 is 5.78. The lowest BCUT2D eigenvalue weighted by molar-refractivity contribution is -0.270. The van der Waals surface area contributed by atoms with Gasteiger partial charge in [0.15, 0.2) is 11.4 Å². The smallest absolute Gasteiger partial charge is 0.398 e. The Morgan fingerprint density at radius 1 is 1.24 bits per heavy atom. The summed E-state index contributed by atoms with van der Waals surface area (Å²) in [4.78, 5) is 31.1. The molecule has 3 aliphatic rings. The highest BCUT2D eigenvalue weighted by molar-refractivity contribution is 6.43. The van der Waals surface area contributed by atoms with Gasteiger partial charge in [-0.1, -0.05) is 11.6 Å². The van der Waals surface area contributed by atoms with Gasteiger partial charge in [0.05, 0.1) is 6.20 Å². The van der Waals surface area contributed by atoms with Crippen LogP contribution in [0.1, 0.15) is 56.9 Å². The van der Waals surface area contributed by atoms with Gasteiger partial charge in [-0.05, 0) is 63.5 Å². The molecular weight excluding hydrogens is 518 g/mol. The number of likely N-dealkylation sites (tertiary alicyclic amines) is 1. The van der Waals surface area contributed by atoms with Crippen LogP contribution < -0.4 is 11.1 Å².